The summed E-state index contributed by atoms with van der Waals surface area (Å²) in [6.45, 7) is 3.79. The van der Waals surface area contributed by atoms with E-state index in [0.717, 1.165) is 5.56 Å². The van der Waals surface area contributed by atoms with Crippen LogP contribution in [-0.4, -0.2) is 33.0 Å². The lowest BCUT2D eigenvalue weighted by Gasteiger charge is -2.16. The van der Waals surface area contributed by atoms with Gasteiger partial charge in [0.05, 0.1) is 28.6 Å². The van der Waals surface area contributed by atoms with Crippen LogP contribution in [0.4, 0.5) is 10.1 Å². The molecule has 39 heavy (non-hydrogen) atoms. The number of benzene rings is 3. The van der Waals surface area contributed by atoms with Gasteiger partial charge in [0.15, 0.2) is 0 Å². The number of carbonyl (C=O) groups is 2. The van der Waals surface area contributed by atoms with Crippen LogP contribution < -0.4 is 15.9 Å². The molecule has 0 aliphatic carbocycles. The molecule has 0 aliphatic rings. The van der Waals surface area contributed by atoms with Crippen molar-refractivity contribution < 1.29 is 14.0 Å². The summed E-state index contributed by atoms with van der Waals surface area (Å²) in [6.07, 6.45) is 4.44. The molecule has 5 aromatic rings. The van der Waals surface area contributed by atoms with Gasteiger partial charge in [0.2, 0.25) is 5.91 Å². The summed E-state index contributed by atoms with van der Waals surface area (Å²) < 4.78 is 16.2. The van der Waals surface area contributed by atoms with E-state index in [2.05, 4.69) is 16.9 Å². The molecule has 0 fully saturated rings. The van der Waals surface area contributed by atoms with Crippen LogP contribution in [0.3, 0.4) is 0 Å². The number of nitrogens with one attached hydrogen (secondary N) is 1. The predicted octanol–water partition coefficient (Wildman–Crippen LogP) is 4.39. The third-order valence-corrected chi connectivity index (χ3v) is 6.38. The van der Waals surface area contributed by atoms with E-state index < -0.39 is 0 Å². The standard InChI is InChI=1S/C30H24FN5O3/c1-3-28(37)34(2)24-5-4-6-25(17-24)36-26-15-16-32-19-27(26)35(30(36)39)23-13-9-21(10-14-23)29(38)33-18-20-7-11-22(31)12-8-20/h3-17,19H,1,18H2,2H3,(H,33,38). The van der Waals surface area contributed by atoms with Gasteiger partial charge in [-0.25, -0.2) is 9.18 Å². The summed E-state index contributed by atoms with van der Waals surface area (Å²) in [7, 11) is 1.64. The Kier molecular flexibility index (Phi) is 6.88. The van der Waals surface area contributed by atoms with Crippen molar-refractivity contribution in [3.63, 3.8) is 0 Å². The van der Waals surface area contributed by atoms with Crippen molar-refractivity contribution in [3.8, 4) is 11.4 Å². The average Bonchev–Trinajstić information content (AvgIpc) is 3.27. The Balaban J connectivity index is 1.47. The lowest BCUT2D eigenvalue weighted by atomic mass is 10.1. The largest absolute Gasteiger partial charge is 0.348 e. The smallest absolute Gasteiger partial charge is 0.338 e. The van der Waals surface area contributed by atoms with Crippen molar-refractivity contribution in [3.05, 3.63) is 131 Å². The second kappa shape index (κ2) is 10.6. The van der Waals surface area contributed by atoms with E-state index in [4.69, 9.17) is 0 Å². The first kappa shape index (κ1) is 25.3. The minimum absolute atomic E-state index is 0.256. The number of carbonyl (C=O) groups excluding carboxylic acids is 2. The fraction of sp³-hybridized carbons (Fsp3) is 0.0667. The summed E-state index contributed by atoms with van der Waals surface area (Å²) in [6, 6.07) is 21.4. The fourth-order valence-electron chi connectivity index (χ4n) is 4.30. The van der Waals surface area contributed by atoms with Crippen molar-refractivity contribution >= 4 is 28.5 Å². The third-order valence-electron chi connectivity index (χ3n) is 6.38. The van der Waals surface area contributed by atoms with Crippen molar-refractivity contribution in [1.82, 2.24) is 19.4 Å². The van der Waals surface area contributed by atoms with Crippen LogP contribution in [0.25, 0.3) is 22.4 Å². The van der Waals surface area contributed by atoms with Crippen molar-refractivity contribution in [2.45, 2.75) is 6.54 Å². The number of halogens is 1. The van der Waals surface area contributed by atoms with Gasteiger partial charge in [-0.1, -0.05) is 24.8 Å². The molecule has 0 spiro atoms. The molecule has 0 saturated carbocycles. The number of imidazole rings is 1. The molecule has 5 rings (SSSR count). The van der Waals surface area contributed by atoms with Gasteiger partial charge >= 0.3 is 5.69 Å². The Morgan fingerprint density at radius 3 is 2.41 bits per heavy atom. The minimum Gasteiger partial charge on any atom is -0.348 e. The second-order valence-electron chi connectivity index (χ2n) is 8.80. The van der Waals surface area contributed by atoms with E-state index in [1.807, 2.05) is 0 Å². The zero-order valence-corrected chi connectivity index (χ0v) is 21.0. The molecule has 0 radical (unpaired) electrons. The molecule has 0 aliphatic heterocycles. The highest BCUT2D eigenvalue weighted by Gasteiger charge is 2.18. The molecular weight excluding hydrogens is 497 g/mol. The number of amides is 2. The van der Waals surface area contributed by atoms with Crippen molar-refractivity contribution in [2.75, 3.05) is 11.9 Å². The van der Waals surface area contributed by atoms with Gasteiger partial charge in [0.25, 0.3) is 5.91 Å². The number of aromatic nitrogens is 3. The predicted molar refractivity (Wildman–Crippen MR) is 148 cm³/mol. The summed E-state index contributed by atoms with van der Waals surface area (Å²) in [5.41, 5.74) is 3.81. The molecule has 0 atom stereocenters. The van der Waals surface area contributed by atoms with E-state index in [-0.39, 0.29) is 29.9 Å². The Hall–Kier alpha value is -5.31. The molecule has 3 aromatic carbocycles. The number of likely N-dealkylation sites (N-methyl/N-ethyl adjacent to an activating group) is 1. The zero-order chi connectivity index (χ0) is 27.5. The van der Waals surface area contributed by atoms with Crippen LogP contribution in [0, 0.1) is 5.82 Å². The highest BCUT2D eigenvalue weighted by Crippen LogP contribution is 2.23. The van der Waals surface area contributed by atoms with E-state index >= 15 is 0 Å². The monoisotopic (exact) mass is 521 g/mol. The molecule has 9 heteroatoms. The normalized spacial score (nSPS) is 10.8. The number of anilines is 1. The highest BCUT2D eigenvalue weighted by atomic mass is 19.1. The first-order chi connectivity index (χ1) is 18.9. The Labute approximate surface area is 223 Å². The average molecular weight is 522 g/mol. The van der Waals surface area contributed by atoms with Gasteiger partial charge in [-0.2, -0.15) is 0 Å². The van der Waals surface area contributed by atoms with Crippen LogP contribution >= 0.6 is 0 Å². The van der Waals surface area contributed by atoms with E-state index in [9.17, 15) is 18.8 Å². The van der Waals surface area contributed by atoms with Crippen molar-refractivity contribution in [1.29, 1.82) is 0 Å². The van der Waals surface area contributed by atoms with Gasteiger partial charge in [0, 0.05) is 31.0 Å². The first-order valence-corrected chi connectivity index (χ1v) is 12.1. The van der Waals surface area contributed by atoms with Gasteiger partial charge in [-0.15, -0.1) is 0 Å². The van der Waals surface area contributed by atoms with E-state index in [0.29, 0.717) is 33.7 Å². The number of hydrogen-bond acceptors (Lipinski definition) is 4. The van der Waals surface area contributed by atoms with Gasteiger partial charge in [-0.05, 0) is 72.3 Å². The third kappa shape index (κ3) is 4.97. The fourth-order valence-corrected chi connectivity index (χ4v) is 4.30. The van der Waals surface area contributed by atoms with Crippen LogP contribution in [0.1, 0.15) is 15.9 Å². The topological polar surface area (TPSA) is 89.2 Å². The van der Waals surface area contributed by atoms with E-state index in [1.54, 1.807) is 90.7 Å². The summed E-state index contributed by atoms with van der Waals surface area (Å²) in [5, 5.41) is 2.81. The van der Waals surface area contributed by atoms with E-state index in [1.165, 1.54) is 27.7 Å². The molecule has 0 saturated heterocycles. The highest BCUT2D eigenvalue weighted by molar-refractivity contribution is 6.00. The maximum Gasteiger partial charge on any atom is 0.338 e. The zero-order valence-electron chi connectivity index (χ0n) is 21.0. The van der Waals surface area contributed by atoms with Crippen LogP contribution in [-0.2, 0) is 11.3 Å². The number of rotatable bonds is 7. The van der Waals surface area contributed by atoms with Gasteiger partial charge < -0.3 is 10.2 Å². The maximum absolute atomic E-state index is 13.8. The molecule has 2 aromatic heterocycles. The lowest BCUT2D eigenvalue weighted by molar-refractivity contribution is -0.113. The molecule has 1 N–H and O–H groups in total. The number of fused-ring (bicyclic) bond motifs is 1. The quantitative estimate of drug-likeness (QED) is 0.322. The van der Waals surface area contributed by atoms with Crippen LogP contribution in [0.15, 0.2) is 109 Å². The summed E-state index contributed by atoms with van der Waals surface area (Å²) >= 11 is 0. The molecule has 194 valence electrons. The number of hydrogen-bond donors (Lipinski definition) is 1. The molecule has 0 bridgehead atoms. The number of pyridine rings is 1. The van der Waals surface area contributed by atoms with Gasteiger partial charge in [0.1, 0.15) is 5.82 Å². The molecule has 8 nitrogen and oxygen atoms in total. The van der Waals surface area contributed by atoms with Crippen LogP contribution in [0.5, 0.6) is 0 Å². The van der Waals surface area contributed by atoms with Gasteiger partial charge in [-0.3, -0.25) is 23.7 Å². The molecular formula is C30H24FN5O3. The summed E-state index contributed by atoms with van der Waals surface area (Å²) in [5.74, 6) is -0.902. The van der Waals surface area contributed by atoms with Crippen molar-refractivity contribution in [2.24, 2.45) is 0 Å². The molecule has 0 unspecified atom stereocenters. The SMILES string of the molecule is C=CC(=O)N(C)c1cccc(-n2c(=O)n(-c3ccc(C(=O)NCc4ccc(F)cc4)cc3)c3cnccc32)c1. The summed E-state index contributed by atoms with van der Waals surface area (Å²) in [4.78, 5) is 44.2. The number of nitrogens with zero attached hydrogens (tertiary/aromatic N) is 4. The Morgan fingerprint density at radius 2 is 1.69 bits per heavy atom. The Morgan fingerprint density at radius 1 is 0.974 bits per heavy atom. The maximum atomic E-state index is 13.8. The first-order valence-electron chi connectivity index (χ1n) is 12.1. The minimum atomic E-state index is -0.338. The molecule has 2 heterocycles. The lowest BCUT2D eigenvalue weighted by Crippen LogP contribution is -2.25. The van der Waals surface area contributed by atoms with Crippen LogP contribution in [0.2, 0.25) is 0 Å². The molecule has 2 amide bonds. The Bertz CT molecular complexity index is 1750. The second-order valence-corrected chi connectivity index (χ2v) is 8.80.